The molecule has 1 saturated carbocycles. The van der Waals surface area contributed by atoms with E-state index in [0.29, 0.717) is 18.0 Å². The van der Waals surface area contributed by atoms with Crippen LogP contribution in [0.3, 0.4) is 0 Å². The molecule has 0 bridgehead atoms. The topological polar surface area (TPSA) is 78.5 Å². The van der Waals surface area contributed by atoms with E-state index in [9.17, 15) is 14.4 Å². The van der Waals surface area contributed by atoms with Gasteiger partial charge >= 0.3 is 6.03 Å². The Bertz CT molecular complexity index is 714. The van der Waals surface area contributed by atoms with Gasteiger partial charge in [0, 0.05) is 5.69 Å². The summed E-state index contributed by atoms with van der Waals surface area (Å²) < 4.78 is 0. The summed E-state index contributed by atoms with van der Waals surface area (Å²) in [7, 11) is 0. The standard InChI is InChI=1S/C20H27N3O3/c1-13(2)15-7-9-16(10-8-15)21-17(24)12-23-18(25)20(22-19(23)26)11-5-4-6-14(20)3/h7-10,13-14H,4-6,11-12H2,1-3H3,(H,21,24)(H,22,26)/t14-,20+/m0/s1. The molecular weight excluding hydrogens is 330 g/mol. The number of imide groups is 1. The van der Waals surface area contributed by atoms with Crippen LogP contribution in [-0.2, 0) is 9.59 Å². The summed E-state index contributed by atoms with van der Waals surface area (Å²) in [6.45, 7) is 5.95. The zero-order valence-electron chi connectivity index (χ0n) is 15.7. The number of urea groups is 1. The van der Waals surface area contributed by atoms with Crippen LogP contribution in [0.15, 0.2) is 24.3 Å². The van der Waals surface area contributed by atoms with E-state index in [0.717, 1.165) is 24.2 Å². The molecule has 2 fully saturated rings. The first-order chi connectivity index (χ1) is 12.3. The van der Waals surface area contributed by atoms with Gasteiger partial charge in [-0.3, -0.25) is 14.5 Å². The number of nitrogens with one attached hydrogen (secondary N) is 2. The van der Waals surface area contributed by atoms with Crippen molar-refractivity contribution < 1.29 is 14.4 Å². The van der Waals surface area contributed by atoms with E-state index in [1.54, 1.807) is 0 Å². The maximum atomic E-state index is 12.9. The first kappa shape index (κ1) is 18.4. The van der Waals surface area contributed by atoms with Crippen LogP contribution in [0, 0.1) is 5.92 Å². The Balaban J connectivity index is 1.65. The van der Waals surface area contributed by atoms with E-state index in [-0.39, 0.29) is 24.3 Å². The second-order valence-electron chi connectivity index (χ2n) is 7.76. The minimum atomic E-state index is -0.825. The number of carbonyl (C=O) groups excluding carboxylic acids is 3. The number of nitrogens with zero attached hydrogens (tertiary/aromatic N) is 1. The summed E-state index contributed by atoms with van der Waals surface area (Å²) in [5, 5.41) is 5.63. The average molecular weight is 357 g/mol. The molecule has 0 radical (unpaired) electrons. The molecule has 1 aromatic rings. The van der Waals surface area contributed by atoms with Crippen molar-refractivity contribution in [3.8, 4) is 0 Å². The first-order valence-corrected chi connectivity index (χ1v) is 9.37. The smallest absolute Gasteiger partial charge is 0.325 e. The Morgan fingerprint density at radius 2 is 1.96 bits per heavy atom. The van der Waals surface area contributed by atoms with Crippen LogP contribution in [0.1, 0.15) is 57.9 Å². The maximum absolute atomic E-state index is 12.9. The summed E-state index contributed by atoms with van der Waals surface area (Å²) in [6.07, 6.45) is 3.54. The van der Waals surface area contributed by atoms with Gasteiger partial charge in [-0.05, 0) is 42.4 Å². The molecule has 1 saturated heterocycles. The van der Waals surface area contributed by atoms with Crippen molar-refractivity contribution in [3.05, 3.63) is 29.8 Å². The maximum Gasteiger partial charge on any atom is 0.325 e. The molecule has 2 atom stereocenters. The lowest BCUT2D eigenvalue weighted by Crippen LogP contribution is -2.54. The van der Waals surface area contributed by atoms with Crippen molar-refractivity contribution in [2.45, 2.75) is 57.9 Å². The van der Waals surface area contributed by atoms with E-state index in [1.165, 1.54) is 5.56 Å². The van der Waals surface area contributed by atoms with Crippen molar-refractivity contribution in [2.75, 3.05) is 11.9 Å². The van der Waals surface area contributed by atoms with Crippen molar-refractivity contribution in [1.82, 2.24) is 10.2 Å². The van der Waals surface area contributed by atoms with Crippen LogP contribution in [0.25, 0.3) is 0 Å². The zero-order chi connectivity index (χ0) is 18.9. The molecule has 1 aliphatic carbocycles. The Morgan fingerprint density at radius 3 is 2.58 bits per heavy atom. The molecule has 1 aromatic carbocycles. The number of hydrogen-bond acceptors (Lipinski definition) is 3. The van der Waals surface area contributed by atoms with Gasteiger partial charge in [0.05, 0.1) is 0 Å². The second kappa shape index (κ2) is 7.09. The third kappa shape index (κ3) is 3.32. The quantitative estimate of drug-likeness (QED) is 0.812. The van der Waals surface area contributed by atoms with Gasteiger partial charge in [-0.15, -0.1) is 0 Å². The molecule has 2 aliphatic rings. The first-order valence-electron chi connectivity index (χ1n) is 9.37. The van der Waals surface area contributed by atoms with Crippen LogP contribution >= 0.6 is 0 Å². The number of benzene rings is 1. The van der Waals surface area contributed by atoms with Crippen LogP contribution < -0.4 is 10.6 Å². The third-order valence-electron chi connectivity index (χ3n) is 5.66. The van der Waals surface area contributed by atoms with Crippen molar-refractivity contribution in [2.24, 2.45) is 5.92 Å². The van der Waals surface area contributed by atoms with Gasteiger partial charge < -0.3 is 10.6 Å². The second-order valence-corrected chi connectivity index (χ2v) is 7.76. The molecule has 0 unspecified atom stereocenters. The normalized spacial score (nSPS) is 25.7. The fourth-order valence-electron chi connectivity index (χ4n) is 3.93. The minimum absolute atomic E-state index is 0.0874. The Kier molecular flexibility index (Phi) is 5.03. The van der Waals surface area contributed by atoms with Gasteiger partial charge in [-0.1, -0.05) is 45.7 Å². The Labute approximate surface area is 154 Å². The van der Waals surface area contributed by atoms with Gasteiger partial charge in [0.15, 0.2) is 0 Å². The minimum Gasteiger partial charge on any atom is -0.325 e. The van der Waals surface area contributed by atoms with E-state index in [1.807, 2.05) is 31.2 Å². The van der Waals surface area contributed by atoms with Crippen LogP contribution in [0.5, 0.6) is 0 Å². The highest BCUT2D eigenvalue weighted by molar-refractivity contribution is 6.10. The molecule has 0 aromatic heterocycles. The number of hydrogen-bond donors (Lipinski definition) is 2. The van der Waals surface area contributed by atoms with Crippen LogP contribution in [0.4, 0.5) is 10.5 Å². The number of anilines is 1. The van der Waals surface area contributed by atoms with Crippen molar-refractivity contribution in [1.29, 1.82) is 0 Å². The largest absolute Gasteiger partial charge is 0.325 e. The zero-order valence-corrected chi connectivity index (χ0v) is 15.7. The lowest BCUT2D eigenvalue weighted by molar-refractivity contribution is -0.136. The van der Waals surface area contributed by atoms with Gasteiger partial charge in [0.1, 0.15) is 12.1 Å². The summed E-state index contributed by atoms with van der Waals surface area (Å²) in [6, 6.07) is 7.14. The summed E-state index contributed by atoms with van der Waals surface area (Å²) >= 11 is 0. The molecule has 4 amide bonds. The monoisotopic (exact) mass is 357 g/mol. The van der Waals surface area contributed by atoms with Crippen molar-refractivity contribution in [3.63, 3.8) is 0 Å². The Morgan fingerprint density at radius 1 is 1.27 bits per heavy atom. The number of amides is 4. The average Bonchev–Trinajstić information content (AvgIpc) is 2.83. The molecule has 3 rings (SSSR count). The van der Waals surface area contributed by atoms with Gasteiger partial charge in [0.25, 0.3) is 5.91 Å². The van der Waals surface area contributed by atoms with E-state index in [4.69, 9.17) is 0 Å². The lowest BCUT2D eigenvalue weighted by Gasteiger charge is -2.36. The third-order valence-corrected chi connectivity index (χ3v) is 5.66. The molecule has 26 heavy (non-hydrogen) atoms. The summed E-state index contributed by atoms with van der Waals surface area (Å²) in [5.41, 5.74) is 1.02. The summed E-state index contributed by atoms with van der Waals surface area (Å²) in [5.74, 6) is -0.130. The molecule has 1 spiro atoms. The van der Waals surface area contributed by atoms with E-state index in [2.05, 4.69) is 24.5 Å². The molecule has 1 heterocycles. The SMILES string of the molecule is CC(C)c1ccc(NC(=O)CN2C(=O)N[C@@]3(CCCC[C@@H]3C)C2=O)cc1. The highest BCUT2D eigenvalue weighted by Crippen LogP contribution is 2.38. The van der Waals surface area contributed by atoms with Crippen LogP contribution in [0.2, 0.25) is 0 Å². The predicted octanol–water partition coefficient (Wildman–Crippen LogP) is 3.25. The van der Waals surface area contributed by atoms with Crippen LogP contribution in [-0.4, -0.2) is 34.8 Å². The van der Waals surface area contributed by atoms with Gasteiger partial charge in [0.2, 0.25) is 5.91 Å². The Hall–Kier alpha value is -2.37. The molecule has 1 aliphatic heterocycles. The molecule has 6 nitrogen and oxygen atoms in total. The number of carbonyl (C=O) groups is 3. The fraction of sp³-hybridized carbons (Fsp3) is 0.550. The van der Waals surface area contributed by atoms with Crippen molar-refractivity contribution >= 4 is 23.5 Å². The summed E-state index contributed by atoms with van der Waals surface area (Å²) in [4.78, 5) is 38.6. The molecule has 2 N–H and O–H groups in total. The highest BCUT2D eigenvalue weighted by atomic mass is 16.2. The lowest BCUT2D eigenvalue weighted by atomic mass is 9.73. The molecular formula is C20H27N3O3. The number of rotatable bonds is 4. The van der Waals surface area contributed by atoms with Gasteiger partial charge in [-0.2, -0.15) is 0 Å². The van der Waals surface area contributed by atoms with Gasteiger partial charge in [-0.25, -0.2) is 4.79 Å². The van der Waals surface area contributed by atoms with E-state index < -0.39 is 11.6 Å². The fourth-order valence-corrected chi connectivity index (χ4v) is 3.93. The highest BCUT2D eigenvalue weighted by Gasteiger charge is 2.55. The molecule has 6 heteroatoms. The molecule has 140 valence electrons. The predicted molar refractivity (Wildman–Crippen MR) is 99.8 cm³/mol. The van der Waals surface area contributed by atoms with E-state index >= 15 is 0 Å².